The Bertz CT molecular complexity index is 1230. The number of fused-ring (bicyclic) bond motifs is 2. The van der Waals surface area contributed by atoms with Crippen LogP contribution in [0.15, 0.2) is 54.6 Å². The van der Waals surface area contributed by atoms with Gasteiger partial charge in [-0.05, 0) is 32.3 Å². The van der Waals surface area contributed by atoms with Crippen LogP contribution in [0.2, 0.25) is 0 Å². The van der Waals surface area contributed by atoms with E-state index in [0.717, 1.165) is 5.56 Å². The molecule has 5 rings (SSSR count). The third-order valence-electron chi connectivity index (χ3n) is 8.74. The van der Waals surface area contributed by atoms with Crippen molar-refractivity contribution in [1.29, 1.82) is 0 Å². The second-order valence-electron chi connectivity index (χ2n) is 11.4. The lowest BCUT2D eigenvalue weighted by Crippen LogP contribution is -2.59. The molecule has 10 nitrogen and oxygen atoms in total. The topological polar surface area (TPSA) is 125 Å². The number of carbonyl (C=O) groups is 4. The van der Waals surface area contributed by atoms with Crippen LogP contribution in [0, 0.1) is 11.8 Å². The smallest absolute Gasteiger partial charge is 0.306 e. The molecule has 220 valence electrons. The Morgan fingerprint density at radius 2 is 1.85 bits per heavy atom. The first-order valence-corrected chi connectivity index (χ1v) is 14.5. The molecule has 0 saturated carbocycles. The minimum atomic E-state index is -1.33. The third kappa shape index (κ3) is 5.08. The van der Waals surface area contributed by atoms with Crippen LogP contribution in [0.1, 0.15) is 51.6 Å². The van der Waals surface area contributed by atoms with Crippen molar-refractivity contribution < 1.29 is 33.8 Å². The predicted molar refractivity (Wildman–Crippen MR) is 149 cm³/mol. The summed E-state index contributed by atoms with van der Waals surface area (Å²) in [6, 6.07) is 6.73. The molecule has 1 aromatic carbocycles. The molecule has 3 amide bonds. The van der Waals surface area contributed by atoms with Gasteiger partial charge in [-0.3, -0.25) is 19.2 Å². The van der Waals surface area contributed by atoms with Gasteiger partial charge in [0, 0.05) is 19.0 Å². The van der Waals surface area contributed by atoms with Crippen molar-refractivity contribution >= 4 is 23.7 Å². The fourth-order valence-electron chi connectivity index (χ4n) is 6.64. The maximum atomic E-state index is 14.4. The van der Waals surface area contributed by atoms with Crippen LogP contribution in [-0.4, -0.2) is 88.2 Å². The number of likely N-dealkylation sites (tertiary alicyclic amines) is 1. The summed E-state index contributed by atoms with van der Waals surface area (Å²) in [6.45, 7) is 5.54. The number of allylic oxidation sites excluding steroid dienone is 1. The van der Waals surface area contributed by atoms with E-state index < -0.39 is 53.5 Å². The van der Waals surface area contributed by atoms with Crippen molar-refractivity contribution in [2.24, 2.45) is 11.8 Å². The fourth-order valence-corrected chi connectivity index (χ4v) is 6.64. The molecule has 2 saturated heterocycles. The summed E-state index contributed by atoms with van der Waals surface area (Å²) >= 11 is 0. The molecule has 7 atom stereocenters. The maximum absolute atomic E-state index is 14.4. The molecule has 1 aromatic rings. The highest BCUT2D eigenvalue weighted by atomic mass is 16.5. The average Bonchev–Trinajstić information content (AvgIpc) is 3.61. The highest BCUT2D eigenvalue weighted by Gasteiger charge is 2.73. The summed E-state index contributed by atoms with van der Waals surface area (Å²) in [6.07, 6.45) is 7.55. The summed E-state index contributed by atoms with van der Waals surface area (Å²) in [5.74, 6) is -3.32. The van der Waals surface area contributed by atoms with Gasteiger partial charge in [-0.15, -0.1) is 0 Å². The number of hydrogen-bond donors (Lipinski definition) is 2. The Kier molecular flexibility index (Phi) is 8.33. The van der Waals surface area contributed by atoms with E-state index in [2.05, 4.69) is 5.32 Å². The molecule has 0 radical (unpaired) electrons. The fraction of sp³-hybridized carbons (Fsp3) is 0.548. The van der Waals surface area contributed by atoms with Gasteiger partial charge in [-0.2, -0.15) is 0 Å². The van der Waals surface area contributed by atoms with Gasteiger partial charge in [0.1, 0.15) is 18.2 Å². The number of amides is 3. The molecule has 4 aliphatic heterocycles. The van der Waals surface area contributed by atoms with Crippen LogP contribution in [-0.2, 0) is 28.7 Å². The zero-order valence-corrected chi connectivity index (χ0v) is 23.8. The Morgan fingerprint density at radius 3 is 2.54 bits per heavy atom. The molecule has 4 heterocycles. The molecule has 10 heteroatoms. The van der Waals surface area contributed by atoms with E-state index >= 15 is 0 Å². The number of cyclic esters (lactones) is 1. The van der Waals surface area contributed by atoms with Gasteiger partial charge in [-0.1, -0.05) is 61.6 Å². The number of esters is 1. The Hall–Kier alpha value is -3.50. The molecule has 41 heavy (non-hydrogen) atoms. The van der Waals surface area contributed by atoms with E-state index in [1.165, 1.54) is 4.90 Å². The van der Waals surface area contributed by atoms with E-state index in [-0.39, 0.29) is 44.0 Å². The first-order valence-electron chi connectivity index (χ1n) is 14.5. The minimum Gasteiger partial charge on any atom is -0.463 e. The molecule has 2 fully saturated rings. The van der Waals surface area contributed by atoms with Crippen LogP contribution >= 0.6 is 0 Å². The van der Waals surface area contributed by atoms with Crippen molar-refractivity contribution in [3.05, 3.63) is 60.2 Å². The van der Waals surface area contributed by atoms with Crippen LogP contribution < -0.4 is 5.32 Å². The van der Waals surface area contributed by atoms with Crippen molar-refractivity contribution in [3.63, 3.8) is 0 Å². The molecule has 2 N–H and O–H groups in total. The number of ether oxygens (including phenoxy) is 2. The molecule has 5 bridgehead atoms. The number of aliphatic hydroxyl groups is 1. The van der Waals surface area contributed by atoms with Crippen LogP contribution in [0.25, 0.3) is 0 Å². The summed E-state index contributed by atoms with van der Waals surface area (Å²) in [4.78, 5) is 58.2. The van der Waals surface area contributed by atoms with E-state index in [1.54, 1.807) is 17.1 Å². The van der Waals surface area contributed by atoms with E-state index in [0.29, 0.717) is 12.8 Å². The lowest BCUT2D eigenvalue weighted by atomic mass is 9.74. The lowest BCUT2D eigenvalue weighted by molar-refractivity contribution is -0.151. The normalized spacial score (nSPS) is 33.6. The van der Waals surface area contributed by atoms with Crippen molar-refractivity contribution in [1.82, 2.24) is 15.1 Å². The predicted octanol–water partition coefficient (Wildman–Crippen LogP) is 1.90. The van der Waals surface area contributed by atoms with Crippen LogP contribution in [0.4, 0.5) is 0 Å². The molecular weight excluding hydrogens is 526 g/mol. The van der Waals surface area contributed by atoms with E-state index in [4.69, 9.17) is 9.47 Å². The quantitative estimate of drug-likeness (QED) is 0.413. The molecular formula is C31H39N3O7. The van der Waals surface area contributed by atoms with Gasteiger partial charge in [0.05, 0.1) is 36.6 Å². The average molecular weight is 566 g/mol. The van der Waals surface area contributed by atoms with E-state index in [1.807, 2.05) is 63.3 Å². The van der Waals surface area contributed by atoms with Crippen molar-refractivity contribution in [2.75, 3.05) is 19.8 Å². The summed E-state index contributed by atoms with van der Waals surface area (Å²) < 4.78 is 12.0. The monoisotopic (exact) mass is 565 g/mol. The minimum absolute atomic E-state index is 0.0626. The Labute approximate surface area is 240 Å². The molecule has 0 unspecified atom stereocenters. The Morgan fingerprint density at radius 1 is 1.10 bits per heavy atom. The first-order chi connectivity index (χ1) is 19.7. The van der Waals surface area contributed by atoms with Gasteiger partial charge < -0.3 is 29.7 Å². The largest absolute Gasteiger partial charge is 0.463 e. The highest BCUT2D eigenvalue weighted by molar-refractivity contribution is 6.00. The van der Waals surface area contributed by atoms with Gasteiger partial charge >= 0.3 is 5.97 Å². The zero-order chi connectivity index (χ0) is 29.3. The first kappa shape index (κ1) is 29.0. The SMILES string of the molecule is CC[C@@H](CO)N1C(=O)[C@H]2[C@@H]3C(=O)N[C@H](c4ccccc4)COC(=O)CC/C=C\CN(C(C)C)C(=O)[C@H]1[C@@]21C=C[C@@H]3O1. The van der Waals surface area contributed by atoms with Gasteiger partial charge in [0.2, 0.25) is 17.7 Å². The molecule has 1 spiro atoms. The van der Waals surface area contributed by atoms with Crippen LogP contribution in [0.3, 0.4) is 0 Å². The second kappa shape index (κ2) is 11.8. The molecule has 4 aliphatic rings. The number of rotatable bonds is 5. The standard InChI is InChI=1S/C31H39N3O7/c1-4-21(17-35)34-27-30(39)33(19(2)3)16-10-6-9-13-24(36)40-18-22(20-11-7-5-8-12-20)32-28(37)25-23-14-15-31(27,41-23)26(25)29(34)38/h5-8,10-12,14-15,19,21-23,25-27,35H,4,9,13,16-18H2,1-3H3,(H,32,37)/b10-6-/t21-,22-,23-,25+,26+,27-,31+/m0/s1. The highest BCUT2D eigenvalue weighted by Crippen LogP contribution is 2.56. The van der Waals surface area contributed by atoms with Crippen molar-refractivity contribution in [2.45, 2.75) is 75.9 Å². The summed E-state index contributed by atoms with van der Waals surface area (Å²) in [5, 5.41) is 13.3. The number of carbonyl (C=O) groups excluding carboxylic acids is 4. The summed E-state index contributed by atoms with van der Waals surface area (Å²) in [5.41, 5.74) is -0.574. The third-order valence-corrected chi connectivity index (χ3v) is 8.74. The van der Waals surface area contributed by atoms with Gasteiger partial charge in [0.25, 0.3) is 0 Å². The second-order valence-corrected chi connectivity index (χ2v) is 11.4. The maximum Gasteiger partial charge on any atom is 0.306 e. The van der Waals surface area contributed by atoms with Crippen LogP contribution in [0.5, 0.6) is 0 Å². The number of benzene rings is 1. The van der Waals surface area contributed by atoms with Gasteiger partial charge in [0.15, 0.2) is 0 Å². The van der Waals surface area contributed by atoms with Gasteiger partial charge in [-0.25, -0.2) is 0 Å². The number of hydrogen-bond acceptors (Lipinski definition) is 7. The molecule has 0 aromatic heterocycles. The van der Waals surface area contributed by atoms with E-state index in [9.17, 15) is 24.3 Å². The Balaban J connectivity index is 1.58. The number of nitrogens with zero attached hydrogens (tertiary/aromatic N) is 2. The van der Waals surface area contributed by atoms with Crippen molar-refractivity contribution in [3.8, 4) is 0 Å². The number of aliphatic hydroxyl groups excluding tert-OH is 1. The molecule has 0 aliphatic carbocycles. The zero-order valence-electron chi connectivity index (χ0n) is 23.8. The number of nitrogens with one attached hydrogen (secondary N) is 1. The lowest BCUT2D eigenvalue weighted by Gasteiger charge is -2.39. The summed E-state index contributed by atoms with van der Waals surface area (Å²) in [7, 11) is 0.